The fourth-order valence-electron chi connectivity index (χ4n) is 3.05. The summed E-state index contributed by atoms with van der Waals surface area (Å²) in [6.07, 6.45) is 6.26. The largest absolute Gasteiger partial charge is 0.437 e. The van der Waals surface area contributed by atoms with Gasteiger partial charge in [0.25, 0.3) is 0 Å². The van der Waals surface area contributed by atoms with Crippen LogP contribution in [0.5, 0.6) is 11.6 Å². The van der Waals surface area contributed by atoms with Crippen LogP contribution >= 0.6 is 11.6 Å². The number of nitrogens with zero attached hydrogens (tertiary/aromatic N) is 1. The molecule has 0 unspecified atom stereocenters. The minimum Gasteiger partial charge on any atom is -0.437 e. The molecule has 3 nitrogen and oxygen atoms in total. The van der Waals surface area contributed by atoms with Crippen molar-refractivity contribution in [2.24, 2.45) is 5.92 Å². The summed E-state index contributed by atoms with van der Waals surface area (Å²) >= 11 is 6.43. The maximum absolute atomic E-state index is 11.2. The van der Waals surface area contributed by atoms with Gasteiger partial charge in [-0.3, -0.25) is 0 Å². The number of rotatable bonds is 7. The Labute approximate surface area is 177 Å². The summed E-state index contributed by atoms with van der Waals surface area (Å²) in [6, 6.07) is 17.8. The first-order valence-electron chi connectivity index (χ1n) is 9.59. The van der Waals surface area contributed by atoms with E-state index in [1.807, 2.05) is 49.4 Å². The maximum atomic E-state index is 11.2. The van der Waals surface area contributed by atoms with Crippen LogP contribution in [0.2, 0.25) is 5.02 Å². The topological polar surface area (TPSA) is 39.2 Å². The highest BCUT2D eigenvalue weighted by molar-refractivity contribution is 6.32. The van der Waals surface area contributed by atoms with Gasteiger partial charge in [0.2, 0.25) is 5.88 Å². The van der Waals surface area contributed by atoms with Crippen molar-refractivity contribution >= 4 is 23.5 Å². The number of carbonyl (C=O) groups excluding carboxylic acids is 1. The molecule has 2 aromatic carbocycles. The van der Waals surface area contributed by atoms with Crippen molar-refractivity contribution in [2.45, 2.75) is 27.2 Å². The van der Waals surface area contributed by atoms with Crippen LogP contribution in [0.1, 0.15) is 31.4 Å². The Hall–Kier alpha value is -2.91. The third kappa shape index (κ3) is 6.03. The molecule has 0 amide bonds. The highest BCUT2D eigenvalue weighted by Gasteiger charge is 2.07. The Balaban J connectivity index is 1.68. The van der Waals surface area contributed by atoms with E-state index in [1.54, 1.807) is 19.2 Å². The summed E-state index contributed by atoms with van der Waals surface area (Å²) in [5.74, 6) is 1.43. The summed E-state index contributed by atoms with van der Waals surface area (Å²) in [7, 11) is 0. The smallest absolute Gasteiger partial charge is 0.219 e. The van der Waals surface area contributed by atoms with E-state index in [1.165, 1.54) is 5.56 Å². The Morgan fingerprint density at radius 3 is 2.59 bits per heavy atom. The summed E-state index contributed by atoms with van der Waals surface area (Å²) < 4.78 is 5.85. The van der Waals surface area contributed by atoms with Crippen molar-refractivity contribution in [3.63, 3.8) is 0 Å². The van der Waals surface area contributed by atoms with Crippen molar-refractivity contribution in [3.8, 4) is 22.8 Å². The normalized spacial score (nSPS) is 12.1. The Kier molecular flexibility index (Phi) is 6.84. The van der Waals surface area contributed by atoms with Gasteiger partial charge in [0.15, 0.2) is 0 Å². The standard InChI is InChI=1S/C25H24ClNO2/c1-17-5-4-6-21(14-17)22-10-11-24(23(26)15-22)29-25-12-9-20(16-27-25)8-7-18(2)13-19(3)28/h4-12,14-16,18H,13H2,1-3H3/b8-7+/t18-/m0/s1. The molecule has 0 aliphatic heterocycles. The van der Waals surface area contributed by atoms with Crippen LogP contribution in [-0.4, -0.2) is 10.8 Å². The van der Waals surface area contributed by atoms with Crippen LogP contribution in [-0.2, 0) is 4.79 Å². The molecule has 0 fully saturated rings. The minimum absolute atomic E-state index is 0.189. The Morgan fingerprint density at radius 2 is 1.93 bits per heavy atom. The Bertz CT molecular complexity index is 1030. The number of carbonyl (C=O) groups is 1. The lowest BCUT2D eigenvalue weighted by Gasteiger charge is -2.09. The van der Waals surface area contributed by atoms with Crippen molar-refractivity contribution in [1.29, 1.82) is 0 Å². The van der Waals surface area contributed by atoms with Gasteiger partial charge in [0.05, 0.1) is 5.02 Å². The lowest BCUT2D eigenvalue weighted by Crippen LogP contribution is -1.97. The molecule has 3 rings (SSSR count). The molecule has 4 heteroatoms. The fourth-order valence-corrected chi connectivity index (χ4v) is 3.27. The number of ketones is 1. The lowest BCUT2D eigenvalue weighted by molar-refractivity contribution is -0.117. The molecule has 0 radical (unpaired) electrons. The number of hydrogen-bond donors (Lipinski definition) is 0. The second-order valence-electron chi connectivity index (χ2n) is 7.29. The zero-order chi connectivity index (χ0) is 20.8. The number of aromatic nitrogens is 1. The van der Waals surface area contributed by atoms with Crippen LogP contribution in [0.15, 0.2) is 66.9 Å². The van der Waals surface area contributed by atoms with E-state index in [0.717, 1.165) is 16.7 Å². The number of allylic oxidation sites excluding steroid dienone is 1. The first-order chi connectivity index (χ1) is 13.9. The third-order valence-electron chi connectivity index (χ3n) is 4.48. The molecule has 0 aliphatic carbocycles. The van der Waals surface area contributed by atoms with Crippen LogP contribution in [0, 0.1) is 12.8 Å². The first kappa shape index (κ1) is 20.8. The van der Waals surface area contributed by atoms with Crippen molar-refractivity contribution in [3.05, 3.63) is 83.0 Å². The molecule has 3 aromatic rings. The average Bonchev–Trinajstić information content (AvgIpc) is 2.68. The lowest BCUT2D eigenvalue weighted by atomic mass is 10.0. The zero-order valence-corrected chi connectivity index (χ0v) is 17.6. The zero-order valence-electron chi connectivity index (χ0n) is 16.9. The van der Waals surface area contributed by atoms with Gasteiger partial charge in [0, 0.05) is 18.7 Å². The van der Waals surface area contributed by atoms with E-state index in [-0.39, 0.29) is 11.7 Å². The number of benzene rings is 2. The second kappa shape index (κ2) is 9.53. The van der Waals surface area contributed by atoms with Crippen LogP contribution in [0.4, 0.5) is 0 Å². The summed E-state index contributed by atoms with van der Waals surface area (Å²) in [6.45, 7) is 5.69. The predicted octanol–water partition coefficient (Wildman–Crippen LogP) is 7.13. The molecule has 29 heavy (non-hydrogen) atoms. The van der Waals surface area contributed by atoms with E-state index in [2.05, 4.69) is 30.1 Å². The van der Waals surface area contributed by atoms with Gasteiger partial charge < -0.3 is 9.53 Å². The maximum Gasteiger partial charge on any atom is 0.219 e. The molecule has 1 atom stereocenters. The van der Waals surface area contributed by atoms with Crippen LogP contribution < -0.4 is 4.74 Å². The number of Topliss-reactive ketones (excluding diaryl/α,β-unsaturated/α-hetero) is 1. The first-order valence-corrected chi connectivity index (χ1v) is 9.96. The quantitative estimate of drug-likeness (QED) is 0.419. The predicted molar refractivity (Wildman–Crippen MR) is 119 cm³/mol. The number of pyridine rings is 1. The molecular weight excluding hydrogens is 382 g/mol. The van der Waals surface area contributed by atoms with Gasteiger partial charge in [0.1, 0.15) is 11.5 Å². The molecule has 0 spiro atoms. The molecule has 148 valence electrons. The summed E-state index contributed by atoms with van der Waals surface area (Å²) in [5.41, 5.74) is 4.31. The fraction of sp³-hybridized carbons (Fsp3) is 0.200. The minimum atomic E-state index is 0.189. The van der Waals surface area contributed by atoms with E-state index >= 15 is 0 Å². The molecule has 1 heterocycles. The SMILES string of the molecule is CC(=O)C[C@@H](C)/C=C/c1ccc(Oc2ccc(-c3cccc(C)c3)cc2Cl)nc1. The van der Waals surface area contributed by atoms with Gasteiger partial charge >= 0.3 is 0 Å². The van der Waals surface area contributed by atoms with Crippen molar-refractivity contribution < 1.29 is 9.53 Å². The highest BCUT2D eigenvalue weighted by atomic mass is 35.5. The molecule has 0 N–H and O–H groups in total. The number of hydrogen-bond acceptors (Lipinski definition) is 3. The van der Waals surface area contributed by atoms with Crippen LogP contribution in [0.3, 0.4) is 0 Å². The van der Waals surface area contributed by atoms with Gasteiger partial charge in [-0.2, -0.15) is 0 Å². The molecule has 0 saturated heterocycles. The van der Waals surface area contributed by atoms with E-state index in [4.69, 9.17) is 16.3 Å². The molecule has 0 saturated carbocycles. The second-order valence-corrected chi connectivity index (χ2v) is 7.70. The molecule has 1 aromatic heterocycles. The molecule has 0 aliphatic rings. The third-order valence-corrected chi connectivity index (χ3v) is 4.78. The van der Waals surface area contributed by atoms with Gasteiger partial charge in [-0.1, -0.05) is 66.6 Å². The number of ether oxygens (including phenoxy) is 1. The van der Waals surface area contributed by atoms with E-state index < -0.39 is 0 Å². The highest BCUT2D eigenvalue weighted by Crippen LogP contribution is 2.33. The monoisotopic (exact) mass is 405 g/mol. The van der Waals surface area contributed by atoms with Crippen molar-refractivity contribution in [1.82, 2.24) is 4.98 Å². The number of aryl methyl sites for hydroxylation is 1. The summed E-state index contributed by atoms with van der Waals surface area (Å²) in [4.78, 5) is 15.5. The van der Waals surface area contributed by atoms with E-state index in [9.17, 15) is 4.79 Å². The van der Waals surface area contributed by atoms with Crippen molar-refractivity contribution in [2.75, 3.05) is 0 Å². The summed E-state index contributed by atoms with van der Waals surface area (Å²) in [5, 5.41) is 0.535. The molecule has 0 bridgehead atoms. The average molecular weight is 406 g/mol. The Morgan fingerprint density at radius 1 is 1.14 bits per heavy atom. The van der Waals surface area contributed by atoms with E-state index in [0.29, 0.717) is 23.1 Å². The molecular formula is C25H24ClNO2. The van der Waals surface area contributed by atoms with Gasteiger partial charge in [-0.15, -0.1) is 0 Å². The van der Waals surface area contributed by atoms with Crippen LogP contribution in [0.25, 0.3) is 17.2 Å². The van der Waals surface area contributed by atoms with Gasteiger partial charge in [-0.25, -0.2) is 4.98 Å². The van der Waals surface area contributed by atoms with Gasteiger partial charge in [-0.05, 0) is 54.7 Å². The number of halogens is 1.